The second-order valence-corrected chi connectivity index (χ2v) is 5.74. The van der Waals surface area contributed by atoms with Gasteiger partial charge in [0.05, 0.1) is 24.8 Å². The number of nitrogens with one attached hydrogen (secondary N) is 1. The number of aliphatic hydroxyl groups excluding tert-OH is 1. The first kappa shape index (κ1) is 15.2. The van der Waals surface area contributed by atoms with Crippen LogP contribution in [0.3, 0.4) is 0 Å². The van der Waals surface area contributed by atoms with E-state index in [1.165, 1.54) is 5.56 Å². The lowest BCUT2D eigenvalue weighted by atomic mass is 10.1. The first-order valence-electron chi connectivity index (χ1n) is 7.84. The van der Waals surface area contributed by atoms with Gasteiger partial charge in [-0.3, -0.25) is 0 Å². The van der Waals surface area contributed by atoms with Crippen LogP contribution in [0.2, 0.25) is 0 Å². The fraction of sp³-hybridized carbons (Fsp3) is 0.471. The summed E-state index contributed by atoms with van der Waals surface area (Å²) in [7, 11) is 0. The van der Waals surface area contributed by atoms with Crippen molar-refractivity contribution in [1.82, 2.24) is 10.3 Å². The largest absolute Gasteiger partial charge is 0.392 e. The second kappa shape index (κ2) is 7.05. The van der Waals surface area contributed by atoms with Crippen molar-refractivity contribution in [2.75, 3.05) is 37.7 Å². The minimum Gasteiger partial charge on any atom is -0.392 e. The van der Waals surface area contributed by atoms with E-state index in [-0.39, 0.29) is 6.10 Å². The smallest absolute Gasteiger partial charge is 0.133 e. The van der Waals surface area contributed by atoms with Gasteiger partial charge >= 0.3 is 0 Å². The molecule has 3 rings (SSSR count). The van der Waals surface area contributed by atoms with Crippen LogP contribution in [0.1, 0.15) is 12.5 Å². The molecule has 5 heteroatoms. The molecule has 1 saturated heterocycles. The Bertz CT molecular complexity index is 624. The number of rotatable bonds is 5. The van der Waals surface area contributed by atoms with Gasteiger partial charge in [-0.05, 0) is 19.1 Å². The Morgan fingerprint density at radius 1 is 1.32 bits per heavy atom. The van der Waals surface area contributed by atoms with Crippen LogP contribution >= 0.6 is 0 Å². The molecule has 118 valence electrons. The Hall–Kier alpha value is -1.69. The van der Waals surface area contributed by atoms with Gasteiger partial charge in [-0.1, -0.05) is 18.2 Å². The lowest BCUT2D eigenvalue weighted by Crippen LogP contribution is -2.38. The van der Waals surface area contributed by atoms with E-state index >= 15 is 0 Å². The van der Waals surface area contributed by atoms with Gasteiger partial charge < -0.3 is 20.1 Å². The van der Waals surface area contributed by atoms with E-state index in [2.05, 4.69) is 22.3 Å². The van der Waals surface area contributed by atoms with Gasteiger partial charge in [-0.25, -0.2) is 4.98 Å². The Labute approximate surface area is 130 Å². The van der Waals surface area contributed by atoms with E-state index in [4.69, 9.17) is 9.72 Å². The van der Waals surface area contributed by atoms with E-state index in [1.54, 1.807) is 6.92 Å². The molecule has 0 bridgehead atoms. The number of hydrogen-bond donors (Lipinski definition) is 2. The summed E-state index contributed by atoms with van der Waals surface area (Å²) in [6.07, 6.45) is -0.347. The average molecular weight is 301 g/mol. The lowest BCUT2D eigenvalue weighted by molar-refractivity contribution is 0.122. The number of fused-ring (bicyclic) bond motifs is 1. The summed E-state index contributed by atoms with van der Waals surface area (Å²) in [5, 5.41) is 13.9. The molecule has 22 heavy (non-hydrogen) atoms. The van der Waals surface area contributed by atoms with Crippen LogP contribution in [0.15, 0.2) is 30.3 Å². The van der Waals surface area contributed by atoms with Gasteiger partial charge in [-0.15, -0.1) is 0 Å². The maximum atomic E-state index is 9.42. The molecule has 1 aliphatic heterocycles. The summed E-state index contributed by atoms with van der Waals surface area (Å²) >= 11 is 0. The van der Waals surface area contributed by atoms with Crippen molar-refractivity contribution in [3.05, 3.63) is 35.9 Å². The van der Waals surface area contributed by atoms with Crippen molar-refractivity contribution < 1.29 is 9.84 Å². The van der Waals surface area contributed by atoms with Crippen LogP contribution < -0.4 is 10.2 Å². The summed E-state index contributed by atoms with van der Waals surface area (Å²) in [5.41, 5.74) is 2.18. The van der Waals surface area contributed by atoms with E-state index < -0.39 is 0 Å². The quantitative estimate of drug-likeness (QED) is 0.877. The number of para-hydroxylation sites is 1. The molecule has 0 amide bonds. The van der Waals surface area contributed by atoms with Crippen LogP contribution in [-0.4, -0.2) is 49.0 Å². The fourth-order valence-corrected chi connectivity index (χ4v) is 2.74. The molecule has 0 spiro atoms. The molecule has 5 nitrogen and oxygen atoms in total. The summed E-state index contributed by atoms with van der Waals surface area (Å²) < 4.78 is 5.44. The minimum absolute atomic E-state index is 0.347. The summed E-state index contributed by atoms with van der Waals surface area (Å²) in [5.74, 6) is 1.03. The molecule has 1 aliphatic rings. The number of morpholine rings is 1. The van der Waals surface area contributed by atoms with Crippen molar-refractivity contribution in [1.29, 1.82) is 0 Å². The van der Waals surface area contributed by atoms with Gasteiger partial charge in [-0.2, -0.15) is 0 Å². The molecular weight excluding hydrogens is 278 g/mol. The molecule has 2 N–H and O–H groups in total. The lowest BCUT2D eigenvalue weighted by Gasteiger charge is -2.30. The van der Waals surface area contributed by atoms with Gasteiger partial charge in [0.1, 0.15) is 5.82 Å². The Morgan fingerprint density at radius 2 is 2.09 bits per heavy atom. The number of hydrogen-bond acceptors (Lipinski definition) is 5. The van der Waals surface area contributed by atoms with Crippen LogP contribution in [0.4, 0.5) is 5.82 Å². The second-order valence-electron chi connectivity index (χ2n) is 5.74. The Morgan fingerprint density at radius 3 is 2.86 bits per heavy atom. The van der Waals surface area contributed by atoms with Crippen LogP contribution in [0, 0.1) is 0 Å². The minimum atomic E-state index is -0.347. The van der Waals surface area contributed by atoms with Crippen LogP contribution in [-0.2, 0) is 11.3 Å². The van der Waals surface area contributed by atoms with Gasteiger partial charge in [0, 0.05) is 37.1 Å². The molecular formula is C17H23N3O2. The predicted octanol–water partition coefficient (Wildman–Crippen LogP) is 1.54. The summed E-state index contributed by atoms with van der Waals surface area (Å²) in [6, 6.07) is 10.4. The zero-order chi connectivity index (χ0) is 15.4. The Balaban J connectivity index is 1.90. The maximum Gasteiger partial charge on any atom is 0.133 e. The third-order valence-electron chi connectivity index (χ3n) is 3.85. The number of ether oxygens (including phenoxy) is 1. The van der Waals surface area contributed by atoms with Gasteiger partial charge in [0.25, 0.3) is 0 Å². The first-order chi connectivity index (χ1) is 10.7. The van der Waals surface area contributed by atoms with Crippen molar-refractivity contribution in [2.24, 2.45) is 0 Å². The number of anilines is 1. The van der Waals surface area contributed by atoms with Crippen LogP contribution in [0.5, 0.6) is 0 Å². The predicted molar refractivity (Wildman–Crippen MR) is 88.2 cm³/mol. The highest BCUT2D eigenvalue weighted by Gasteiger charge is 2.17. The molecule has 0 aliphatic carbocycles. The third kappa shape index (κ3) is 3.55. The average Bonchev–Trinajstić information content (AvgIpc) is 2.54. The maximum absolute atomic E-state index is 9.42. The first-order valence-corrected chi connectivity index (χ1v) is 7.84. The number of benzene rings is 1. The number of aliphatic hydroxyl groups is 1. The Kier molecular flexibility index (Phi) is 4.87. The summed E-state index contributed by atoms with van der Waals surface area (Å²) in [6.45, 7) is 6.30. The molecule has 1 atom stereocenters. The highest BCUT2D eigenvalue weighted by molar-refractivity contribution is 5.81. The number of pyridine rings is 1. The van der Waals surface area contributed by atoms with E-state index in [0.717, 1.165) is 43.0 Å². The van der Waals surface area contributed by atoms with Crippen molar-refractivity contribution >= 4 is 16.7 Å². The highest BCUT2D eigenvalue weighted by Crippen LogP contribution is 2.24. The molecule has 1 fully saturated rings. The molecule has 1 aromatic carbocycles. The van der Waals surface area contributed by atoms with Gasteiger partial charge in [0.2, 0.25) is 0 Å². The molecule has 2 heterocycles. The topological polar surface area (TPSA) is 57.6 Å². The van der Waals surface area contributed by atoms with E-state index in [9.17, 15) is 5.11 Å². The monoisotopic (exact) mass is 301 g/mol. The zero-order valence-electron chi connectivity index (χ0n) is 13.0. The third-order valence-corrected chi connectivity index (χ3v) is 3.85. The molecule has 0 saturated carbocycles. The normalized spacial score (nSPS) is 16.9. The van der Waals surface area contributed by atoms with E-state index in [1.807, 2.05) is 18.2 Å². The SMILES string of the molecule is CC(O)CNCc1cc2ccccc2nc1N1CCOCC1. The number of nitrogens with zero attached hydrogens (tertiary/aromatic N) is 2. The molecule has 1 unspecified atom stereocenters. The fourth-order valence-electron chi connectivity index (χ4n) is 2.74. The van der Waals surface area contributed by atoms with Crippen molar-refractivity contribution in [2.45, 2.75) is 19.6 Å². The highest BCUT2D eigenvalue weighted by atomic mass is 16.5. The molecule has 1 aromatic heterocycles. The van der Waals surface area contributed by atoms with Crippen LogP contribution in [0.25, 0.3) is 10.9 Å². The van der Waals surface area contributed by atoms with Crippen molar-refractivity contribution in [3.8, 4) is 0 Å². The van der Waals surface area contributed by atoms with Crippen molar-refractivity contribution in [3.63, 3.8) is 0 Å². The summed E-state index contributed by atoms with van der Waals surface area (Å²) in [4.78, 5) is 7.15. The molecule has 2 aromatic rings. The molecule has 0 radical (unpaired) electrons. The standard InChI is InChI=1S/C17H23N3O2/c1-13(21)11-18-12-15-10-14-4-2-3-5-16(14)19-17(15)20-6-8-22-9-7-20/h2-5,10,13,18,21H,6-9,11-12H2,1H3. The van der Waals surface area contributed by atoms with E-state index in [0.29, 0.717) is 13.1 Å². The zero-order valence-corrected chi connectivity index (χ0v) is 13.0. The van der Waals surface area contributed by atoms with Gasteiger partial charge in [0.15, 0.2) is 0 Å². The number of aromatic nitrogens is 1.